The average Bonchev–Trinajstić information content (AvgIpc) is 2.42. The Balaban J connectivity index is 2.74. The van der Waals surface area contributed by atoms with Gasteiger partial charge in [0.15, 0.2) is 0 Å². The Hall–Kier alpha value is -0.0800. The van der Waals surface area contributed by atoms with Crippen LogP contribution < -0.4 is 5.73 Å². The summed E-state index contributed by atoms with van der Waals surface area (Å²) in [6, 6.07) is 0. The Kier molecular flexibility index (Phi) is 7.38. The minimum absolute atomic E-state index is 0.302. The minimum Gasteiger partial charge on any atom is -0.329 e. The van der Waals surface area contributed by atoms with Crippen molar-refractivity contribution >= 4 is 0 Å². The smallest absolute Gasteiger partial charge is 0.0334 e. The number of unbranched alkanes of at least 4 members (excludes halogenated alkanes) is 2. The summed E-state index contributed by atoms with van der Waals surface area (Å²) in [5.74, 6) is 1.70. The van der Waals surface area contributed by atoms with Gasteiger partial charge in [-0.3, -0.25) is 4.90 Å². The van der Waals surface area contributed by atoms with Crippen LogP contribution in [0, 0.1) is 11.8 Å². The van der Waals surface area contributed by atoms with Crippen molar-refractivity contribution in [2.75, 3.05) is 19.6 Å². The predicted octanol–water partition coefficient (Wildman–Crippen LogP) is 4.04. The van der Waals surface area contributed by atoms with E-state index in [-0.39, 0.29) is 0 Å². The van der Waals surface area contributed by atoms with Crippen molar-refractivity contribution in [3.63, 3.8) is 0 Å². The normalized spacial score (nSPS) is 31.9. The van der Waals surface area contributed by atoms with E-state index >= 15 is 0 Å². The second kappa shape index (κ2) is 8.26. The molecule has 0 aliphatic heterocycles. The van der Waals surface area contributed by atoms with Crippen LogP contribution in [0.5, 0.6) is 0 Å². The highest BCUT2D eigenvalue weighted by Crippen LogP contribution is 2.39. The molecule has 0 radical (unpaired) electrons. The summed E-state index contributed by atoms with van der Waals surface area (Å²) in [7, 11) is 0. The van der Waals surface area contributed by atoms with Crippen LogP contribution in [0.3, 0.4) is 0 Å². The molecule has 0 bridgehead atoms. The van der Waals surface area contributed by atoms with Crippen LogP contribution in [-0.2, 0) is 0 Å². The number of hydrogen-bond acceptors (Lipinski definition) is 2. The lowest BCUT2D eigenvalue weighted by Gasteiger charge is -2.50. The van der Waals surface area contributed by atoms with E-state index in [1.807, 2.05) is 0 Å². The lowest BCUT2D eigenvalue weighted by molar-refractivity contribution is 0.0191. The molecule has 0 saturated heterocycles. The van der Waals surface area contributed by atoms with Crippen LogP contribution in [-0.4, -0.2) is 30.1 Å². The van der Waals surface area contributed by atoms with Crippen molar-refractivity contribution in [2.45, 2.75) is 78.2 Å². The highest BCUT2D eigenvalue weighted by atomic mass is 15.2. The van der Waals surface area contributed by atoms with Gasteiger partial charge in [-0.2, -0.15) is 0 Å². The third-order valence-electron chi connectivity index (χ3n) is 5.35. The van der Waals surface area contributed by atoms with Crippen LogP contribution in [0.25, 0.3) is 0 Å². The van der Waals surface area contributed by atoms with Crippen LogP contribution >= 0.6 is 0 Å². The molecule has 2 nitrogen and oxygen atoms in total. The molecule has 3 atom stereocenters. The Morgan fingerprint density at radius 2 is 1.63 bits per heavy atom. The van der Waals surface area contributed by atoms with Gasteiger partial charge in [0.1, 0.15) is 0 Å². The maximum absolute atomic E-state index is 6.25. The van der Waals surface area contributed by atoms with E-state index in [2.05, 4.69) is 32.6 Å². The zero-order chi connectivity index (χ0) is 14.3. The van der Waals surface area contributed by atoms with Gasteiger partial charge < -0.3 is 5.73 Å². The molecule has 0 spiro atoms. The van der Waals surface area contributed by atoms with Gasteiger partial charge in [0.2, 0.25) is 0 Å². The topological polar surface area (TPSA) is 29.3 Å². The van der Waals surface area contributed by atoms with Crippen LogP contribution in [0.1, 0.15) is 72.6 Å². The standard InChI is InChI=1S/C17H36N2/c1-5-7-11-19(12-8-6-2)17(14-18)10-9-15(3)16(4)13-17/h15-16H,5-14,18H2,1-4H3. The summed E-state index contributed by atoms with van der Waals surface area (Å²) in [6.07, 6.45) is 9.17. The summed E-state index contributed by atoms with van der Waals surface area (Å²) in [6.45, 7) is 12.7. The molecule has 114 valence electrons. The fourth-order valence-corrected chi connectivity index (χ4v) is 3.57. The second-order valence-electron chi connectivity index (χ2n) is 6.82. The fraction of sp³-hybridized carbons (Fsp3) is 1.00. The lowest BCUT2D eigenvalue weighted by Crippen LogP contribution is -2.57. The van der Waals surface area contributed by atoms with Crippen molar-refractivity contribution in [2.24, 2.45) is 17.6 Å². The summed E-state index contributed by atoms with van der Waals surface area (Å²) in [5, 5.41) is 0. The Bertz CT molecular complexity index is 233. The summed E-state index contributed by atoms with van der Waals surface area (Å²) in [5.41, 5.74) is 6.55. The minimum atomic E-state index is 0.302. The van der Waals surface area contributed by atoms with Crippen molar-refractivity contribution in [3.05, 3.63) is 0 Å². The fourth-order valence-electron chi connectivity index (χ4n) is 3.57. The molecule has 1 saturated carbocycles. The van der Waals surface area contributed by atoms with Crippen LogP contribution in [0.15, 0.2) is 0 Å². The Labute approximate surface area is 121 Å². The Morgan fingerprint density at radius 1 is 1.05 bits per heavy atom. The molecule has 0 amide bonds. The number of hydrogen-bond donors (Lipinski definition) is 1. The molecule has 0 aromatic carbocycles. The first kappa shape index (κ1) is 17.0. The molecular weight excluding hydrogens is 232 g/mol. The molecule has 2 N–H and O–H groups in total. The first-order valence-electron chi connectivity index (χ1n) is 8.54. The van der Waals surface area contributed by atoms with Gasteiger partial charge in [-0.05, 0) is 57.0 Å². The number of nitrogens with two attached hydrogens (primary N) is 1. The van der Waals surface area contributed by atoms with Gasteiger partial charge in [-0.25, -0.2) is 0 Å². The van der Waals surface area contributed by atoms with E-state index in [0.717, 1.165) is 18.4 Å². The molecule has 1 rings (SSSR count). The van der Waals surface area contributed by atoms with Crippen molar-refractivity contribution in [1.82, 2.24) is 4.90 Å². The summed E-state index contributed by atoms with van der Waals surface area (Å²) >= 11 is 0. The average molecular weight is 268 g/mol. The van der Waals surface area contributed by atoms with Crippen LogP contribution in [0.2, 0.25) is 0 Å². The summed E-state index contributed by atoms with van der Waals surface area (Å²) < 4.78 is 0. The molecule has 0 heterocycles. The first-order valence-corrected chi connectivity index (χ1v) is 8.54. The molecule has 1 aliphatic carbocycles. The summed E-state index contributed by atoms with van der Waals surface area (Å²) in [4.78, 5) is 2.75. The second-order valence-corrected chi connectivity index (χ2v) is 6.82. The molecule has 3 unspecified atom stereocenters. The molecular formula is C17H36N2. The number of rotatable bonds is 8. The van der Waals surface area contributed by atoms with E-state index in [0.29, 0.717) is 5.54 Å². The van der Waals surface area contributed by atoms with Gasteiger partial charge in [-0.1, -0.05) is 40.5 Å². The molecule has 0 aromatic rings. The largest absolute Gasteiger partial charge is 0.329 e. The molecule has 2 heteroatoms. The van der Waals surface area contributed by atoms with Gasteiger partial charge in [-0.15, -0.1) is 0 Å². The van der Waals surface area contributed by atoms with Gasteiger partial charge in [0, 0.05) is 12.1 Å². The van der Waals surface area contributed by atoms with Gasteiger partial charge >= 0.3 is 0 Å². The quantitative estimate of drug-likeness (QED) is 0.720. The predicted molar refractivity (Wildman–Crippen MR) is 85.4 cm³/mol. The Morgan fingerprint density at radius 3 is 2.05 bits per heavy atom. The molecule has 0 aromatic heterocycles. The maximum Gasteiger partial charge on any atom is 0.0334 e. The molecule has 1 aliphatic rings. The van der Waals surface area contributed by atoms with Crippen molar-refractivity contribution in [3.8, 4) is 0 Å². The molecule has 19 heavy (non-hydrogen) atoms. The zero-order valence-corrected chi connectivity index (χ0v) is 13.8. The lowest BCUT2D eigenvalue weighted by atomic mass is 9.70. The third-order valence-corrected chi connectivity index (χ3v) is 5.35. The first-order chi connectivity index (χ1) is 9.09. The van der Waals surface area contributed by atoms with E-state index in [4.69, 9.17) is 5.73 Å². The van der Waals surface area contributed by atoms with E-state index in [1.165, 1.54) is 58.0 Å². The monoisotopic (exact) mass is 268 g/mol. The van der Waals surface area contributed by atoms with Crippen molar-refractivity contribution in [1.29, 1.82) is 0 Å². The SMILES string of the molecule is CCCCN(CCCC)C1(CN)CCC(C)C(C)C1. The van der Waals surface area contributed by atoms with Crippen LogP contribution in [0.4, 0.5) is 0 Å². The van der Waals surface area contributed by atoms with Gasteiger partial charge in [0.25, 0.3) is 0 Å². The number of nitrogens with zero attached hydrogens (tertiary/aromatic N) is 1. The maximum atomic E-state index is 6.25. The highest BCUT2D eigenvalue weighted by molar-refractivity contribution is 4.97. The van der Waals surface area contributed by atoms with Gasteiger partial charge in [0.05, 0.1) is 0 Å². The zero-order valence-electron chi connectivity index (χ0n) is 13.8. The van der Waals surface area contributed by atoms with E-state index < -0.39 is 0 Å². The molecule has 1 fully saturated rings. The highest BCUT2D eigenvalue weighted by Gasteiger charge is 2.40. The van der Waals surface area contributed by atoms with Crippen molar-refractivity contribution < 1.29 is 0 Å². The third kappa shape index (κ3) is 4.46. The van der Waals surface area contributed by atoms with E-state index in [9.17, 15) is 0 Å². The van der Waals surface area contributed by atoms with E-state index in [1.54, 1.807) is 0 Å².